The van der Waals surface area contributed by atoms with Gasteiger partial charge >= 0.3 is 6.61 Å². The summed E-state index contributed by atoms with van der Waals surface area (Å²) in [6.45, 7) is 1.23. The van der Waals surface area contributed by atoms with E-state index in [1.807, 2.05) is 4.90 Å². The zero-order valence-electron chi connectivity index (χ0n) is 12.2. The molecule has 0 bridgehead atoms. The smallest absolute Gasteiger partial charge is 0.387 e. The Bertz CT molecular complexity index is 433. The summed E-state index contributed by atoms with van der Waals surface area (Å²) in [7, 11) is 3.20. The second-order valence-corrected chi connectivity index (χ2v) is 5.31. The van der Waals surface area contributed by atoms with E-state index in [1.165, 1.54) is 7.11 Å². The molecule has 1 rings (SSSR count). The summed E-state index contributed by atoms with van der Waals surface area (Å²) in [5.74, 6) is 0.298. The van der Waals surface area contributed by atoms with Crippen LogP contribution in [-0.2, 0) is 6.54 Å². The van der Waals surface area contributed by atoms with Crippen molar-refractivity contribution in [1.29, 1.82) is 0 Å². The number of para-hydroxylation sites is 1. The van der Waals surface area contributed by atoms with E-state index in [0.717, 1.165) is 0 Å². The molecule has 0 aliphatic rings. The maximum atomic E-state index is 12.5. The lowest BCUT2D eigenvalue weighted by atomic mass is 10.1. The molecule has 0 radical (unpaired) electrons. The highest BCUT2D eigenvalue weighted by Gasteiger charge is 2.19. The predicted molar refractivity (Wildman–Crippen MR) is 72.3 cm³/mol. The van der Waals surface area contributed by atoms with E-state index < -0.39 is 12.2 Å². The van der Waals surface area contributed by atoms with Crippen LogP contribution < -0.4 is 9.47 Å². The van der Waals surface area contributed by atoms with Crippen LogP contribution in [-0.4, -0.2) is 42.9 Å². The molecular weight excluding hydrogens is 268 g/mol. The van der Waals surface area contributed by atoms with Crippen LogP contribution in [0.5, 0.6) is 11.5 Å². The maximum absolute atomic E-state index is 12.5. The van der Waals surface area contributed by atoms with Gasteiger partial charge < -0.3 is 14.6 Å². The Morgan fingerprint density at radius 1 is 1.35 bits per heavy atom. The van der Waals surface area contributed by atoms with Crippen molar-refractivity contribution in [3.05, 3.63) is 23.8 Å². The third-order valence-corrected chi connectivity index (χ3v) is 2.58. The summed E-state index contributed by atoms with van der Waals surface area (Å²) in [5.41, 5.74) is -0.284. The molecule has 20 heavy (non-hydrogen) atoms. The van der Waals surface area contributed by atoms with Crippen LogP contribution >= 0.6 is 0 Å². The van der Waals surface area contributed by atoms with E-state index >= 15 is 0 Å². The molecule has 6 heteroatoms. The fourth-order valence-electron chi connectivity index (χ4n) is 2.08. The molecule has 0 amide bonds. The normalized spacial score (nSPS) is 12.1. The minimum atomic E-state index is -2.91. The number of benzene rings is 1. The van der Waals surface area contributed by atoms with Gasteiger partial charge in [-0.15, -0.1) is 0 Å². The summed E-state index contributed by atoms with van der Waals surface area (Å²) in [6, 6.07) is 4.97. The predicted octanol–water partition coefficient (Wildman–Crippen LogP) is 2.50. The van der Waals surface area contributed by atoms with Crippen molar-refractivity contribution in [1.82, 2.24) is 4.90 Å². The van der Waals surface area contributed by atoms with Crippen LogP contribution in [0.2, 0.25) is 0 Å². The summed E-state index contributed by atoms with van der Waals surface area (Å²) in [5, 5.41) is 9.76. The number of aliphatic hydroxyl groups is 1. The van der Waals surface area contributed by atoms with E-state index in [2.05, 4.69) is 4.74 Å². The van der Waals surface area contributed by atoms with Crippen LogP contribution in [0.4, 0.5) is 8.78 Å². The second-order valence-electron chi connectivity index (χ2n) is 5.31. The Hall–Kier alpha value is -1.40. The van der Waals surface area contributed by atoms with Gasteiger partial charge in [-0.2, -0.15) is 8.78 Å². The summed E-state index contributed by atoms with van der Waals surface area (Å²) >= 11 is 0. The number of likely N-dealkylation sites (N-methyl/N-ethyl adjacent to an activating group) is 1. The van der Waals surface area contributed by atoms with Crippen molar-refractivity contribution >= 4 is 0 Å². The van der Waals surface area contributed by atoms with Gasteiger partial charge in [-0.25, -0.2) is 0 Å². The van der Waals surface area contributed by atoms with Crippen molar-refractivity contribution in [3.8, 4) is 11.5 Å². The number of hydrogen-bond donors (Lipinski definition) is 1. The molecule has 1 aromatic rings. The Kier molecular flexibility index (Phi) is 5.71. The number of nitrogens with zero attached hydrogens (tertiary/aromatic N) is 1. The first-order valence-electron chi connectivity index (χ1n) is 6.24. The van der Waals surface area contributed by atoms with Gasteiger partial charge in [0.15, 0.2) is 11.5 Å². The molecule has 114 valence electrons. The average Bonchev–Trinajstić information content (AvgIpc) is 2.28. The van der Waals surface area contributed by atoms with Gasteiger partial charge in [-0.3, -0.25) is 4.90 Å². The van der Waals surface area contributed by atoms with E-state index in [4.69, 9.17) is 4.74 Å². The summed E-state index contributed by atoms with van der Waals surface area (Å²) in [4.78, 5) is 1.83. The molecule has 0 aromatic heterocycles. The van der Waals surface area contributed by atoms with E-state index in [9.17, 15) is 13.9 Å². The van der Waals surface area contributed by atoms with Crippen molar-refractivity contribution in [3.63, 3.8) is 0 Å². The van der Waals surface area contributed by atoms with Crippen molar-refractivity contribution in [2.24, 2.45) is 0 Å². The standard InChI is InChI=1S/C14H21F2NO3/c1-14(2,18)9-17(3)8-10-6-5-7-11(19-4)12(10)20-13(15)16/h5-7,13,18H,8-9H2,1-4H3. The number of hydrogen-bond acceptors (Lipinski definition) is 4. The zero-order chi connectivity index (χ0) is 15.3. The largest absolute Gasteiger partial charge is 0.493 e. The molecular formula is C14H21F2NO3. The van der Waals surface area contributed by atoms with E-state index in [0.29, 0.717) is 18.7 Å². The first kappa shape index (κ1) is 16.7. The fraction of sp³-hybridized carbons (Fsp3) is 0.571. The molecule has 1 aromatic carbocycles. The number of methoxy groups -OCH3 is 1. The third-order valence-electron chi connectivity index (χ3n) is 2.58. The van der Waals surface area contributed by atoms with Crippen molar-refractivity contribution in [2.75, 3.05) is 20.7 Å². The van der Waals surface area contributed by atoms with E-state index in [1.54, 1.807) is 39.1 Å². The van der Waals surface area contributed by atoms with Crippen molar-refractivity contribution in [2.45, 2.75) is 32.6 Å². The highest BCUT2D eigenvalue weighted by molar-refractivity contribution is 5.46. The average molecular weight is 289 g/mol. The second kappa shape index (κ2) is 6.85. The van der Waals surface area contributed by atoms with Gasteiger partial charge in [-0.1, -0.05) is 12.1 Å². The molecule has 1 N–H and O–H groups in total. The molecule has 0 unspecified atom stereocenters. The first-order chi connectivity index (χ1) is 9.23. The minimum absolute atomic E-state index is 0.0348. The highest BCUT2D eigenvalue weighted by atomic mass is 19.3. The van der Waals surface area contributed by atoms with Gasteiger partial charge in [0.1, 0.15) is 0 Å². The molecule has 0 aliphatic carbocycles. The maximum Gasteiger partial charge on any atom is 0.387 e. The van der Waals surface area contributed by atoms with Crippen LogP contribution in [0.15, 0.2) is 18.2 Å². The SMILES string of the molecule is COc1cccc(CN(C)CC(C)(C)O)c1OC(F)F. The highest BCUT2D eigenvalue weighted by Crippen LogP contribution is 2.33. The number of halogens is 2. The van der Waals surface area contributed by atoms with E-state index in [-0.39, 0.29) is 11.5 Å². The lowest BCUT2D eigenvalue weighted by Gasteiger charge is -2.26. The Labute approximate surface area is 117 Å². The Balaban J connectivity index is 2.93. The number of ether oxygens (including phenoxy) is 2. The molecule has 0 aliphatic heterocycles. The topological polar surface area (TPSA) is 41.9 Å². The van der Waals surface area contributed by atoms with Crippen molar-refractivity contribution < 1.29 is 23.4 Å². The van der Waals surface area contributed by atoms with Crippen LogP contribution in [0.1, 0.15) is 19.4 Å². The molecule has 4 nitrogen and oxygen atoms in total. The molecule has 0 spiro atoms. The fourth-order valence-corrected chi connectivity index (χ4v) is 2.08. The lowest BCUT2D eigenvalue weighted by Crippen LogP contribution is -2.35. The molecule has 0 fully saturated rings. The van der Waals surface area contributed by atoms with Gasteiger partial charge in [-0.05, 0) is 27.0 Å². The molecule has 0 atom stereocenters. The third kappa shape index (κ3) is 5.30. The van der Waals surface area contributed by atoms with Crippen LogP contribution in [0.3, 0.4) is 0 Å². The summed E-state index contributed by atoms with van der Waals surface area (Å²) < 4.78 is 34.6. The number of alkyl halides is 2. The lowest BCUT2D eigenvalue weighted by molar-refractivity contribution is -0.0523. The van der Waals surface area contributed by atoms with Crippen LogP contribution in [0.25, 0.3) is 0 Å². The molecule has 0 saturated heterocycles. The number of rotatable bonds is 7. The quantitative estimate of drug-likeness (QED) is 0.837. The van der Waals surface area contributed by atoms with Gasteiger partial charge in [0.25, 0.3) is 0 Å². The van der Waals surface area contributed by atoms with Gasteiger partial charge in [0.2, 0.25) is 0 Å². The summed E-state index contributed by atoms with van der Waals surface area (Å²) in [6.07, 6.45) is 0. The monoisotopic (exact) mass is 289 g/mol. The zero-order valence-corrected chi connectivity index (χ0v) is 12.2. The minimum Gasteiger partial charge on any atom is -0.493 e. The molecule has 0 heterocycles. The Morgan fingerprint density at radius 3 is 2.50 bits per heavy atom. The van der Waals surface area contributed by atoms with Gasteiger partial charge in [0, 0.05) is 18.7 Å². The van der Waals surface area contributed by atoms with Crippen LogP contribution in [0, 0.1) is 0 Å². The Morgan fingerprint density at radius 2 is 2.00 bits per heavy atom. The molecule has 0 saturated carbocycles. The van der Waals surface area contributed by atoms with Gasteiger partial charge in [0.05, 0.1) is 12.7 Å². The first-order valence-corrected chi connectivity index (χ1v) is 6.24.